The molecule has 3 aromatic rings. The van der Waals surface area contributed by atoms with Gasteiger partial charge in [0, 0.05) is 6.54 Å². The predicted molar refractivity (Wildman–Crippen MR) is 107 cm³/mol. The van der Waals surface area contributed by atoms with E-state index < -0.39 is 40.2 Å². The van der Waals surface area contributed by atoms with Crippen molar-refractivity contribution in [3.8, 4) is 5.88 Å². The number of hydrogen-bond acceptors (Lipinski definition) is 5. The predicted octanol–water partition coefficient (Wildman–Crippen LogP) is 4.36. The lowest BCUT2D eigenvalue weighted by molar-refractivity contribution is -0.137. The fourth-order valence-corrected chi connectivity index (χ4v) is 3.57. The van der Waals surface area contributed by atoms with Crippen LogP contribution < -0.4 is 4.74 Å². The van der Waals surface area contributed by atoms with Crippen molar-refractivity contribution in [1.29, 1.82) is 0 Å². The number of fused-ring (bicyclic) bond motifs is 1. The van der Waals surface area contributed by atoms with Gasteiger partial charge in [-0.3, -0.25) is 4.79 Å². The Morgan fingerprint density at radius 1 is 1.25 bits per heavy atom. The third-order valence-electron chi connectivity index (χ3n) is 4.92. The Kier molecular flexibility index (Phi) is 6.16. The smallest absolute Gasteiger partial charge is 0.416 e. The molecule has 32 heavy (non-hydrogen) atoms. The minimum Gasteiger partial charge on any atom is -0.474 e. The van der Waals surface area contributed by atoms with Crippen molar-refractivity contribution < 1.29 is 31.8 Å². The summed E-state index contributed by atoms with van der Waals surface area (Å²) in [6, 6.07) is 8.16. The molecule has 0 spiro atoms. The van der Waals surface area contributed by atoms with Gasteiger partial charge >= 0.3 is 6.18 Å². The number of benzene rings is 2. The maximum absolute atomic E-state index is 14.4. The number of morpholine rings is 1. The zero-order valence-corrected chi connectivity index (χ0v) is 17.2. The highest BCUT2D eigenvalue weighted by Crippen LogP contribution is 2.34. The molecule has 6 nitrogen and oxygen atoms in total. The summed E-state index contributed by atoms with van der Waals surface area (Å²) < 4.78 is 64.9. The molecule has 0 radical (unpaired) electrons. The molecule has 2 aromatic carbocycles. The van der Waals surface area contributed by atoms with Crippen molar-refractivity contribution in [3.63, 3.8) is 0 Å². The molecule has 4 rings (SSSR count). The molecule has 0 N–H and O–H groups in total. The Labute approximate surface area is 184 Å². The molecule has 11 heteroatoms. The summed E-state index contributed by atoms with van der Waals surface area (Å²) in [5.41, 5.74) is -1.25. The number of halogens is 5. The van der Waals surface area contributed by atoms with E-state index >= 15 is 0 Å². The molecule has 0 saturated carbocycles. The third-order valence-corrected chi connectivity index (χ3v) is 5.20. The van der Waals surface area contributed by atoms with Gasteiger partial charge in [0.05, 0.1) is 40.2 Å². The summed E-state index contributed by atoms with van der Waals surface area (Å²) in [5.74, 6) is -1.77. The van der Waals surface area contributed by atoms with Gasteiger partial charge in [-0.15, -0.1) is 0 Å². The van der Waals surface area contributed by atoms with Crippen molar-refractivity contribution in [2.45, 2.75) is 12.3 Å². The molecule has 1 atom stereocenters. The van der Waals surface area contributed by atoms with Crippen LogP contribution in [0, 0.1) is 5.82 Å². The zero-order valence-electron chi connectivity index (χ0n) is 16.4. The number of carbonyl (C=O) groups is 1. The molecule has 1 saturated heterocycles. The summed E-state index contributed by atoms with van der Waals surface area (Å²) in [5, 5.41) is -0.0774. The number of para-hydroxylation sites is 1. The number of alkyl halides is 3. The van der Waals surface area contributed by atoms with Gasteiger partial charge < -0.3 is 14.4 Å². The summed E-state index contributed by atoms with van der Waals surface area (Å²) in [7, 11) is 0. The number of nitrogens with zero attached hydrogens (tertiary/aromatic N) is 3. The summed E-state index contributed by atoms with van der Waals surface area (Å²) in [6.07, 6.45) is -4.01. The Morgan fingerprint density at radius 3 is 2.81 bits per heavy atom. The van der Waals surface area contributed by atoms with E-state index in [1.54, 1.807) is 12.1 Å². The standard InChI is InChI=1S/C21H16ClF4N3O3/c22-16-8-12(21(24,25)26)7-15(18(16)23)20(30)29-5-6-31-13(9-29)10-32-19-14-3-1-2-4-17(14)27-11-28-19/h1-4,7-8,11,13H,5-6,9-10H2. The van der Waals surface area contributed by atoms with Crippen molar-refractivity contribution in [2.75, 3.05) is 26.3 Å². The van der Waals surface area contributed by atoms with Crippen LogP contribution in [0.2, 0.25) is 5.02 Å². The Bertz CT molecular complexity index is 1150. The highest BCUT2D eigenvalue weighted by atomic mass is 35.5. The molecular weight excluding hydrogens is 454 g/mol. The van der Waals surface area contributed by atoms with Crippen LogP contribution in [0.3, 0.4) is 0 Å². The molecule has 1 aliphatic rings. The first-order valence-electron chi connectivity index (χ1n) is 9.53. The number of rotatable bonds is 4. The van der Waals surface area contributed by atoms with Crippen molar-refractivity contribution in [2.24, 2.45) is 0 Å². The second kappa shape index (κ2) is 8.87. The topological polar surface area (TPSA) is 64.6 Å². The lowest BCUT2D eigenvalue weighted by atomic mass is 10.1. The van der Waals surface area contributed by atoms with Crippen LogP contribution >= 0.6 is 11.6 Å². The number of ether oxygens (including phenoxy) is 2. The molecule has 2 heterocycles. The monoisotopic (exact) mass is 469 g/mol. The van der Waals surface area contributed by atoms with E-state index in [9.17, 15) is 22.4 Å². The van der Waals surface area contributed by atoms with E-state index in [4.69, 9.17) is 21.1 Å². The number of aromatic nitrogens is 2. The van der Waals surface area contributed by atoms with E-state index in [1.807, 2.05) is 12.1 Å². The SMILES string of the molecule is O=C(c1cc(C(F)(F)F)cc(Cl)c1F)N1CCOC(COc2ncnc3ccccc23)C1. The van der Waals surface area contributed by atoms with Gasteiger partial charge in [-0.1, -0.05) is 23.7 Å². The van der Waals surface area contributed by atoms with Gasteiger partial charge in [0.2, 0.25) is 5.88 Å². The molecule has 0 aliphatic carbocycles. The Balaban J connectivity index is 1.48. The van der Waals surface area contributed by atoms with Crippen LogP contribution in [-0.4, -0.2) is 53.2 Å². The second-order valence-electron chi connectivity index (χ2n) is 7.07. The van der Waals surface area contributed by atoms with Crippen molar-refractivity contribution in [1.82, 2.24) is 14.9 Å². The van der Waals surface area contributed by atoms with Gasteiger partial charge in [-0.05, 0) is 24.3 Å². The van der Waals surface area contributed by atoms with Gasteiger partial charge in [-0.25, -0.2) is 14.4 Å². The van der Waals surface area contributed by atoms with E-state index in [1.165, 1.54) is 11.2 Å². The first kappa shape index (κ1) is 22.2. The number of amides is 1. The van der Waals surface area contributed by atoms with E-state index in [0.29, 0.717) is 28.9 Å². The molecule has 0 bridgehead atoms. The first-order chi connectivity index (χ1) is 15.2. The fraction of sp³-hybridized carbons (Fsp3) is 0.286. The Hall–Kier alpha value is -2.98. The van der Waals surface area contributed by atoms with E-state index in [-0.39, 0.29) is 26.3 Å². The maximum Gasteiger partial charge on any atom is 0.416 e. The average Bonchev–Trinajstić information content (AvgIpc) is 2.78. The maximum atomic E-state index is 14.4. The van der Waals surface area contributed by atoms with Crippen molar-refractivity contribution in [3.05, 3.63) is 64.7 Å². The van der Waals surface area contributed by atoms with Gasteiger partial charge in [0.1, 0.15) is 19.0 Å². The molecule has 1 fully saturated rings. The quantitative estimate of drug-likeness (QED) is 0.531. The van der Waals surface area contributed by atoms with Crippen LogP contribution in [0.25, 0.3) is 10.9 Å². The molecular formula is C21H16ClF4N3O3. The molecule has 168 valence electrons. The normalized spacial score (nSPS) is 16.9. The molecule has 1 aliphatic heterocycles. The molecule has 1 unspecified atom stereocenters. The summed E-state index contributed by atoms with van der Waals surface area (Å²) in [6.45, 7) is 0.212. The minimum atomic E-state index is -4.77. The third kappa shape index (κ3) is 4.61. The Morgan fingerprint density at radius 2 is 2.03 bits per heavy atom. The van der Waals surface area contributed by atoms with Crippen LogP contribution in [0.4, 0.5) is 17.6 Å². The van der Waals surface area contributed by atoms with E-state index in [0.717, 1.165) is 0 Å². The molecule has 1 aromatic heterocycles. The number of hydrogen-bond donors (Lipinski definition) is 0. The largest absolute Gasteiger partial charge is 0.474 e. The highest BCUT2D eigenvalue weighted by molar-refractivity contribution is 6.31. The second-order valence-corrected chi connectivity index (χ2v) is 7.48. The van der Waals surface area contributed by atoms with Crippen LogP contribution in [0.5, 0.6) is 5.88 Å². The summed E-state index contributed by atoms with van der Waals surface area (Å²) >= 11 is 5.60. The minimum absolute atomic E-state index is 0.00481. The highest BCUT2D eigenvalue weighted by Gasteiger charge is 2.35. The van der Waals surface area contributed by atoms with Gasteiger partial charge in [0.25, 0.3) is 5.91 Å². The fourth-order valence-electron chi connectivity index (χ4n) is 3.35. The number of carbonyl (C=O) groups excluding carboxylic acids is 1. The van der Waals surface area contributed by atoms with Gasteiger partial charge in [0.15, 0.2) is 5.82 Å². The van der Waals surface area contributed by atoms with Gasteiger partial charge in [-0.2, -0.15) is 13.2 Å². The summed E-state index contributed by atoms with van der Waals surface area (Å²) in [4.78, 5) is 22.3. The lowest BCUT2D eigenvalue weighted by Gasteiger charge is -2.33. The lowest BCUT2D eigenvalue weighted by Crippen LogP contribution is -2.47. The zero-order chi connectivity index (χ0) is 22.9. The van der Waals surface area contributed by atoms with Crippen LogP contribution in [-0.2, 0) is 10.9 Å². The van der Waals surface area contributed by atoms with E-state index in [2.05, 4.69) is 9.97 Å². The van der Waals surface area contributed by atoms with Crippen LogP contribution in [0.1, 0.15) is 15.9 Å². The van der Waals surface area contributed by atoms with Crippen LogP contribution in [0.15, 0.2) is 42.7 Å². The first-order valence-corrected chi connectivity index (χ1v) is 9.91. The molecule has 1 amide bonds. The van der Waals surface area contributed by atoms with Crippen molar-refractivity contribution >= 4 is 28.4 Å². The average molecular weight is 470 g/mol.